The number of aromatic nitrogens is 4. The maximum Gasteiger partial charge on any atom is 0.407 e. The van der Waals surface area contributed by atoms with Gasteiger partial charge in [0.1, 0.15) is 17.2 Å². The zero-order valence-corrected chi connectivity index (χ0v) is 23.4. The third-order valence-corrected chi connectivity index (χ3v) is 7.27. The Morgan fingerprint density at radius 2 is 2.00 bits per heavy atom. The first kappa shape index (κ1) is 27.0. The first-order valence-corrected chi connectivity index (χ1v) is 13.8. The van der Waals surface area contributed by atoms with Crippen LogP contribution in [-0.4, -0.2) is 55.3 Å². The number of pyridine rings is 1. The zero-order valence-electron chi connectivity index (χ0n) is 23.4. The molecule has 11 heteroatoms. The Balaban J connectivity index is 1.27. The van der Waals surface area contributed by atoms with Crippen molar-refractivity contribution in [3.63, 3.8) is 0 Å². The van der Waals surface area contributed by atoms with Gasteiger partial charge in [0.2, 0.25) is 11.8 Å². The van der Waals surface area contributed by atoms with Gasteiger partial charge in [-0.25, -0.2) is 19.7 Å². The van der Waals surface area contributed by atoms with Crippen molar-refractivity contribution in [3.05, 3.63) is 84.0 Å². The highest BCUT2D eigenvalue weighted by atomic mass is 16.5. The van der Waals surface area contributed by atoms with Crippen molar-refractivity contribution in [2.45, 2.75) is 39.3 Å². The summed E-state index contributed by atoms with van der Waals surface area (Å²) in [6.07, 6.45) is 4.08. The molecule has 11 nitrogen and oxygen atoms in total. The van der Waals surface area contributed by atoms with Crippen LogP contribution in [-0.2, 0) is 6.54 Å². The summed E-state index contributed by atoms with van der Waals surface area (Å²) < 4.78 is 11.7. The minimum Gasteiger partial charge on any atom is -0.465 e. The number of rotatable bonds is 8. The molecule has 0 saturated carbocycles. The van der Waals surface area contributed by atoms with Crippen molar-refractivity contribution in [1.29, 1.82) is 0 Å². The van der Waals surface area contributed by atoms with E-state index in [4.69, 9.17) is 14.2 Å². The topological polar surface area (TPSA) is 139 Å². The van der Waals surface area contributed by atoms with Crippen molar-refractivity contribution in [1.82, 2.24) is 25.0 Å². The minimum atomic E-state index is -0.912. The van der Waals surface area contributed by atoms with Gasteiger partial charge < -0.3 is 29.9 Å². The van der Waals surface area contributed by atoms with Gasteiger partial charge in [0.05, 0.1) is 17.8 Å². The molecular formula is C31H31N7O4. The molecule has 0 bridgehead atoms. The van der Waals surface area contributed by atoms with Gasteiger partial charge in [-0.2, -0.15) is 0 Å². The van der Waals surface area contributed by atoms with E-state index in [0.29, 0.717) is 48.5 Å². The fourth-order valence-electron chi connectivity index (χ4n) is 5.21. The Morgan fingerprint density at radius 3 is 2.83 bits per heavy atom. The van der Waals surface area contributed by atoms with E-state index in [9.17, 15) is 9.90 Å². The third-order valence-electron chi connectivity index (χ3n) is 7.27. The molecule has 0 aliphatic carbocycles. The van der Waals surface area contributed by atoms with Crippen molar-refractivity contribution in [2.24, 2.45) is 0 Å². The van der Waals surface area contributed by atoms with Gasteiger partial charge in [-0.1, -0.05) is 29.4 Å². The third kappa shape index (κ3) is 5.80. The van der Waals surface area contributed by atoms with Gasteiger partial charge in [0.15, 0.2) is 0 Å². The Bertz CT molecular complexity index is 1740. The van der Waals surface area contributed by atoms with Crippen molar-refractivity contribution < 1.29 is 19.2 Å². The number of hydrogen-bond donors (Lipinski definition) is 3. The smallest absolute Gasteiger partial charge is 0.407 e. The molecule has 1 aliphatic heterocycles. The number of anilines is 2. The molecular weight excluding hydrogens is 534 g/mol. The number of nitrogens with one attached hydrogen (secondary N) is 2. The lowest BCUT2D eigenvalue weighted by Crippen LogP contribution is -2.44. The summed E-state index contributed by atoms with van der Waals surface area (Å²) in [5.74, 6) is 2.33. The Kier molecular flexibility index (Phi) is 7.54. The molecule has 0 unspecified atom stereocenters. The summed E-state index contributed by atoms with van der Waals surface area (Å²) in [5, 5.41) is 22.2. The Hall–Kier alpha value is -5.19. The lowest BCUT2D eigenvalue weighted by Gasteiger charge is -2.31. The van der Waals surface area contributed by atoms with E-state index >= 15 is 0 Å². The van der Waals surface area contributed by atoms with Crippen LogP contribution in [0.25, 0.3) is 22.0 Å². The van der Waals surface area contributed by atoms with Crippen molar-refractivity contribution >= 4 is 28.5 Å². The standard InChI is InChI=1S/C31H31N7O4/c1-19-10-11-23-24(7-3-9-26(23)34-17-22-16-20(2)42-37-22)28(19)41-29-25(8-4-13-32-29)27-12-14-33-30(36-27)35-21-6-5-15-38(18-21)31(39)40/h3-4,7-14,16,21,34H,5-6,15,17-18H2,1-2H3,(H,39,40)(H,33,35,36)/t21-/m0/s1. The second-order valence-electron chi connectivity index (χ2n) is 10.3. The Labute approximate surface area is 242 Å². The van der Waals surface area contributed by atoms with Crippen LogP contribution in [0.3, 0.4) is 0 Å². The molecule has 42 heavy (non-hydrogen) atoms. The van der Waals surface area contributed by atoms with Crippen LogP contribution < -0.4 is 15.4 Å². The van der Waals surface area contributed by atoms with Crippen LogP contribution >= 0.6 is 0 Å². The second kappa shape index (κ2) is 11.7. The summed E-state index contributed by atoms with van der Waals surface area (Å²) in [6.45, 7) is 5.34. The molecule has 5 aromatic rings. The monoisotopic (exact) mass is 565 g/mol. The average Bonchev–Trinajstić information content (AvgIpc) is 3.42. The number of fused-ring (bicyclic) bond motifs is 1. The quantitative estimate of drug-likeness (QED) is 0.198. The molecule has 1 saturated heterocycles. The van der Waals surface area contributed by atoms with Crippen LogP contribution in [0.1, 0.15) is 29.9 Å². The molecule has 3 N–H and O–H groups in total. The number of aryl methyl sites for hydroxylation is 2. The second-order valence-corrected chi connectivity index (χ2v) is 10.3. The average molecular weight is 566 g/mol. The first-order valence-electron chi connectivity index (χ1n) is 13.8. The number of carbonyl (C=O) groups is 1. The van der Waals surface area contributed by atoms with E-state index in [1.807, 2.05) is 62.4 Å². The number of benzene rings is 2. The SMILES string of the molecule is Cc1cc(CNc2cccc3c(Oc4ncccc4-c4ccnc(N[C@H]5CCCN(C(=O)O)C5)n4)c(C)ccc23)no1. The van der Waals surface area contributed by atoms with Crippen LogP contribution in [0.5, 0.6) is 11.6 Å². The van der Waals surface area contributed by atoms with Gasteiger partial charge in [-0.3, -0.25) is 0 Å². The number of amides is 1. The summed E-state index contributed by atoms with van der Waals surface area (Å²) in [5.41, 5.74) is 4.10. The molecule has 0 spiro atoms. The fourth-order valence-corrected chi connectivity index (χ4v) is 5.21. The summed E-state index contributed by atoms with van der Waals surface area (Å²) in [4.78, 5) is 26.5. The maximum absolute atomic E-state index is 11.4. The fraction of sp³-hybridized carbons (Fsp3) is 0.258. The van der Waals surface area contributed by atoms with E-state index < -0.39 is 6.09 Å². The zero-order chi connectivity index (χ0) is 29.1. The summed E-state index contributed by atoms with van der Waals surface area (Å²) >= 11 is 0. The predicted molar refractivity (Wildman–Crippen MR) is 159 cm³/mol. The Morgan fingerprint density at radius 1 is 1.10 bits per heavy atom. The molecule has 4 heterocycles. The maximum atomic E-state index is 11.4. The first-order chi connectivity index (χ1) is 20.4. The molecule has 2 aromatic carbocycles. The van der Waals surface area contributed by atoms with Gasteiger partial charge in [0.25, 0.3) is 0 Å². The van der Waals surface area contributed by atoms with E-state index in [2.05, 4.69) is 31.8 Å². The molecule has 0 radical (unpaired) electrons. The van der Waals surface area contributed by atoms with E-state index in [-0.39, 0.29) is 6.04 Å². The normalized spacial score (nSPS) is 15.0. The molecule has 1 aliphatic rings. The lowest BCUT2D eigenvalue weighted by atomic mass is 10.0. The van der Waals surface area contributed by atoms with Gasteiger partial charge in [0, 0.05) is 54.1 Å². The molecule has 1 fully saturated rings. The van der Waals surface area contributed by atoms with Gasteiger partial charge in [-0.05, 0) is 56.5 Å². The van der Waals surface area contributed by atoms with Crippen molar-refractivity contribution in [2.75, 3.05) is 23.7 Å². The molecule has 6 rings (SSSR count). The highest BCUT2D eigenvalue weighted by Gasteiger charge is 2.24. The lowest BCUT2D eigenvalue weighted by molar-refractivity contribution is 0.132. The molecule has 3 aromatic heterocycles. The van der Waals surface area contributed by atoms with Crippen molar-refractivity contribution in [3.8, 4) is 22.9 Å². The number of piperidine rings is 1. The minimum absolute atomic E-state index is 0.0656. The number of carboxylic acid groups (broad SMARTS) is 1. The number of ether oxygens (including phenoxy) is 1. The van der Waals surface area contributed by atoms with Crippen LogP contribution in [0.15, 0.2) is 71.5 Å². The molecule has 1 atom stereocenters. The highest BCUT2D eigenvalue weighted by molar-refractivity contribution is 5.98. The summed E-state index contributed by atoms with van der Waals surface area (Å²) in [6, 6.07) is 17.6. The molecule has 1 amide bonds. The van der Waals surface area contributed by atoms with E-state index in [1.165, 1.54) is 4.90 Å². The van der Waals surface area contributed by atoms with Crippen LogP contribution in [0.2, 0.25) is 0 Å². The number of hydrogen-bond acceptors (Lipinski definition) is 9. The largest absolute Gasteiger partial charge is 0.465 e. The van der Waals surface area contributed by atoms with E-state index in [0.717, 1.165) is 46.3 Å². The van der Waals surface area contributed by atoms with Gasteiger partial charge >= 0.3 is 6.09 Å². The molecule has 214 valence electrons. The van der Waals surface area contributed by atoms with E-state index in [1.54, 1.807) is 12.4 Å². The highest BCUT2D eigenvalue weighted by Crippen LogP contribution is 2.38. The van der Waals surface area contributed by atoms with Crippen LogP contribution in [0, 0.1) is 13.8 Å². The van der Waals surface area contributed by atoms with Gasteiger partial charge in [-0.15, -0.1) is 0 Å². The number of nitrogens with zero attached hydrogens (tertiary/aromatic N) is 5. The summed E-state index contributed by atoms with van der Waals surface area (Å²) in [7, 11) is 0. The number of likely N-dealkylation sites (tertiary alicyclic amines) is 1. The van der Waals surface area contributed by atoms with Crippen LogP contribution in [0.4, 0.5) is 16.4 Å². The predicted octanol–water partition coefficient (Wildman–Crippen LogP) is 6.26.